The number of halogens is 1. The summed E-state index contributed by atoms with van der Waals surface area (Å²) >= 11 is 6.69. The smallest absolute Gasteiger partial charge is 0.270 e. The highest BCUT2D eigenvalue weighted by molar-refractivity contribution is 8.27. The van der Waals surface area contributed by atoms with Gasteiger partial charge in [-0.2, -0.15) is 0 Å². The summed E-state index contributed by atoms with van der Waals surface area (Å²) in [6.07, 6.45) is 1.80. The van der Waals surface area contributed by atoms with Gasteiger partial charge in [0.1, 0.15) is 23.9 Å². The molecule has 1 saturated heterocycles. The highest BCUT2D eigenvalue weighted by Crippen LogP contribution is 2.36. The van der Waals surface area contributed by atoms with Crippen LogP contribution in [0.1, 0.15) is 11.1 Å². The van der Waals surface area contributed by atoms with Crippen LogP contribution in [-0.2, 0) is 11.4 Å². The van der Waals surface area contributed by atoms with Gasteiger partial charge in [-0.3, -0.25) is 9.69 Å². The molecule has 156 valence electrons. The third kappa shape index (κ3) is 4.95. The monoisotopic (exact) mass is 451 g/mol. The Morgan fingerprint density at radius 3 is 2.48 bits per heavy atom. The van der Waals surface area contributed by atoms with Crippen molar-refractivity contribution in [1.29, 1.82) is 0 Å². The molecule has 0 unspecified atom stereocenters. The number of hydrogen-bond donors (Lipinski definition) is 0. The van der Waals surface area contributed by atoms with Gasteiger partial charge in [0.05, 0.1) is 17.7 Å². The molecule has 0 radical (unpaired) electrons. The molecule has 4 nitrogen and oxygen atoms in total. The fourth-order valence-electron chi connectivity index (χ4n) is 3.01. The Labute approximate surface area is 189 Å². The molecular formula is C24H18FNO3S2. The number of nitrogens with zero attached hydrogens (tertiary/aromatic N) is 1. The third-order valence-electron chi connectivity index (χ3n) is 4.60. The zero-order chi connectivity index (χ0) is 21.8. The van der Waals surface area contributed by atoms with E-state index < -0.39 is 0 Å². The average molecular weight is 452 g/mol. The summed E-state index contributed by atoms with van der Waals surface area (Å²) in [5, 5.41) is 0. The van der Waals surface area contributed by atoms with Crippen molar-refractivity contribution in [3.05, 3.63) is 94.6 Å². The lowest BCUT2D eigenvalue weighted by Gasteiger charge is -2.14. The van der Waals surface area contributed by atoms with E-state index in [1.165, 1.54) is 28.8 Å². The summed E-state index contributed by atoms with van der Waals surface area (Å²) in [5.74, 6) is 0.918. The summed E-state index contributed by atoms with van der Waals surface area (Å²) < 4.78 is 24.5. The van der Waals surface area contributed by atoms with Crippen molar-refractivity contribution in [3.8, 4) is 11.5 Å². The standard InChI is InChI=1S/C24H18FNO3S2/c1-28-20-11-9-19(10-12-20)26-23(27)22(31-24(26)30)14-17-3-2-4-21(13-17)29-15-16-5-7-18(25)8-6-16/h2-14H,15H2,1H3. The lowest BCUT2D eigenvalue weighted by atomic mass is 10.2. The van der Waals surface area contributed by atoms with Crippen molar-refractivity contribution in [2.75, 3.05) is 12.0 Å². The summed E-state index contributed by atoms with van der Waals surface area (Å²) in [6, 6.07) is 20.8. The molecule has 0 atom stereocenters. The van der Waals surface area contributed by atoms with Gasteiger partial charge >= 0.3 is 0 Å². The minimum absolute atomic E-state index is 0.169. The van der Waals surface area contributed by atoms with Crippen LogP contribution in [0.15, 0.2) is 77.7 Å². The summed E-state index contributed by atoms with van der Waals surface area (Å²) in [5.41, 5.74) is 2.39. The second-order valence-corrected chi connectivity index (χ2v) is 8.38. The minimum atomic E-state index is -0.280. The number of anilines is 1. The van der Waals surface area contributed by atoms with Crippen molar-refractivity contribution in [3.63, 3.8) is 0 Å². The molecule has 0 saturated carbocycles. The van der Waals surface area contributed by atoms with Crippen LogP contribution in [0.25, 0.3) is 6.08 Å². The number of carbonyl (C=O) groups is 1. The predicted octanol–water partition coefficient (Wildman–Crippen LogP) is 5.82. The molecule has 7 heteroatoms. The lowest BCUT2D eigenvalue weighted by Crippen LogP contribution is -2.27. The summed E-state index contributed by atoms with van der Waals surface area (Å²) in [6.45, 7) is 0.323. The van der Waals surface area contributed by atoms with Crippen LogP contribution >= 0.6 is 24.0 Å². The Morgan fingerprint density at radius 1 is 1.03 bits per heavy atom. The van der Waals surface area contributed by atoms with Crippen molar-refractivity contribution < 1.29 is 18.7 Å². The van der Waals surface area contributed by atoms with E-state index >= 15 is 0 Å². The van der Waals surface area contributed by atoms with E-state index in [-0.39, 0.29) is 11.7 Å². The maximum Gasteiger partial charge on any atom is 0.270 e. The van der Waals surface area contributed by atoms with E-state index in [1.54, 1.807) is 49.6 Å². The molecule has 0 spiro atoms. The molecule has 0 bridgehead atoms. The maximum absolute atomic E-state index is 13.0. The first-order chi connectivity index (χ1) is 15.0. The van der Waals surface area contributed by atoms with E-state index in [2.05, 4.69) is 0 Å². The Balaban J connectivity index is 1.49. The fraction of sp³-hybridized carbons (Fsp3) is 0.0833. The van der Waals surface area contributed by atoms with Gasteiger partial charge in [-0.25, -0.2) is 4.39 Å². The fourth-order valence-corrected chi connectivity index (χ4v) is 4.31. The molecule has 0 aliphatic carbocycles. The largest absolute Gasteiger partial charge is 0.497 e. The molecule has 1 heterocycles. The van der Waals surface area contributed by atoms with Crippen LogP contribution in [-0.4, -0.2) is 17.3 Å². The van der Waals surface area contributed by atoms with Gasteiger partial charge < -0.3 is 9.47 Å². The molecule has 1 aliphatic heterocycles. The number of methoxy groups -OCH3 is 1. The van der Waals surface area contributed by atoms with Gasteiger partial charge in [0, 0.05) is 0 Å². The van der Waals surface area contributed by atoms with Crippen LogP contribution in [0.3, 0.4) is 0 Å². The van der Waals surface area contributed by atoms with Crippen LogP contribution < -0.4 is 14.4 Å². The second kappa shape index (κ2) is 9.32. The van der Waals surface area contributed by atoms with E-state index in [0.717, 1.165) is 11.1 Å². The van der Waals surface area contributed by atoms with Gasteiger partial charge in [-0.15, -0.1) is 0 Å². The van der Waals surface area contributed by atoms with Gasteiger partial charge in [0.25, 0.3) is 5.91 Å². The quantitative estimate of drug-likeness (QED) is 0.349. The van der Waals surface area contributed by atoms with E-state index in [0.29, 0.717) is 33.0 Å². The minimum Gasteiger partial charge on any atom is -0.497 e. The zero-order valence-electron chi connectivity index (χ0n) is 16.6. The maximum atomic E-state index is 13.0. The highest BCUT2D eigenvalue weighted by atomic mass is 32.2. The predicted molar refractivity (Wildman–Crippen MR) is 126 cm³/mol. The molecule has 31 heavy (non-hydrogen) atoms. The molecule has 3 aromatic rings. The van der Waals surface area contributed by atoms with Crippen LogP contribution in [0.4, 0.5) is 10.1 Å². The van der Waals surface area contributed by atoms with Crippen molar-refractivity contribution in [2.24, 2.45) is 0 Å². The first kappa shape index (κ1) is 21.1. The molecule has 0 N–H and O–H groups in total. The molecule has 4 rings (SSSR count). The number of thioether (sulfide) groups is 1. The van der Waals surface area contributed by atoms with E-state index in [1.807, 2.05) is 24.3 Å². The SMILES string of the molecule is COc1ccc(N2C(=O)C(=Cc3cccc(OCc4ccc(F)cc4)c3)SC2=S)cc1. The Kier molecular flexibility index (Phi) is 6.34. The number of carbonyl (C=O) groups excluding carboxylic acids is 1. The number of ether oxygens (including phenoxy) is 2. The van der Waals surface area contributed by atoms with Gasteiger partial charge in [0.2, 0.25) is 0 Å². The zero-order valence-corrected chi connectivity index (χ0v) is 18.2. The van der Waals surface area contributed by atoms with E-state index in [9.17, 15) is 9.18 Å². The number of hydrogen-bond acceptors (Lipinski definition) is 5. The highest BCUT2D eigenvalue weighted by Gasteiger charge is 2.33. The van der Waals surface area contributed by atoms with E-state index in [4.69, 9.17) is 21.7 Å². The second-order valence-electron chi connectivity index (χ2n) is 6.70. The molecule has 0 aromatic heterocycles. The van der Waals surface area contributed by atoms with Crippen molar-refractivity contribution in [1.82, 2.24) is 0 Å². The average Bonchev–Trinajstić information content (AvgIpc) is 3.06. The molecule has 1 amide bonds. The van der Waals surface area contributed by atoms with Crippen molar-refractivity contribution >= 4 is 46.0 Å². The molecular weight excluding hydrogens is 433 g/mol. The first-order valence-electron chi connectivity index (χ1n) is 9.43. The van der Waals surface area contributed by atoms with Crippen LogP contribution in [0, 0.1) is 5.82 Å². The third-order valence-corrected chi connectivity index (χ3v) is 5.90. The number of rotatable bonds is 6. The van der Waals surface area contributed by atoms with Crippen LogP contribution in [0.2, 0.25) is 0 Å². The van der Waals surface area contributed by atoms with Crippen LogP contribution in [0.5, 0.6) is 11.5 Å². The molecule has 3 aromatic carbocycles. The Hall–Kier alpha value is -3.16. The van der Waals surface area contributed by atoms with Gasteiger partial charge in [-0.1, -0.05) is 48.2 Å². The Morgan fingerprint density at radius 2 is 1.77 bits per heavy atom. The Bertz CT molecular complexity index is 1140. The number of benzene rings is 3. The van der Waals surface area contributed by atoms with Gasteiger partial charge in [0.15, 0.2) is 4.32 Å². The first-order valence-corrected chi connectivity index (χ1v) is 10.7. The number of amides is 1. The lowest BCUT2D eigenvalue weighted by molar-refractivity contribution is -0.113. The normalized spacial score (nSPS) is 14.9. The van der Waals surface area contributed by atoms with Crippen molar-refractivity contribution in [2.45, 2.75) is 6.61 Å². The van der Waals surface area contributed by atoms with Gasteiger partial charge in [-0.05, 0) is 65.7 Å². The molecule has 1 fully saturated rings. The summed E-state index contributed by atoms with van der Waals surface area (Å²) in [7, 11) is 1.59. The molecule has 1 aliphatic rings. The summed E-state index contributed by atoms with van der Waals surface area (Å²) in [4.78, 5) is 15.0. The topological polar surface area (TPSA) is 38.8 Å². The number of thiocarbonyl (C=S) groups is 1.